The number of thiazole rings is 2. The van der Waals surface area contributed by atoms with Crippen LogP contribution < -0.4 is 0 Å². The molecule has 0 atom stereocenters. The summed E-state index contributed by atoms with van der Waals surface area (Å²) in [6, 6.07) is 0. The summed E-state index contributed by atoms with van der Waals surface area (Å²) in [5.74, 6) is 0.0139. The maximum atomic E-state index is 11.5. The van der Waals surface area contributed by atoms with Gasteiger partial charge in [-0.15, -0.1) is 22.7 Å². The lowest BCUT2D eigenvalue weighted by atomic mass is 10.3. The fourth-order valence-corrected chi connectivity index (χ4v) is 1.99. The van der Waals surface area contributed by atoms with Gasteiger partial charge in [0.1, 0.15) is 0 Å². The van der Waals surface area contributed by atoms with Crippen LogP contribution in [0.2, 0.25) is 0 Å². The molecule has 60 valence electrons. The van der Waals surface area contributed by atoms with Crippen molar-refractivity contribution in [2.24, 2.45) is 0 Å². The lowest BCUT2D eigenvalue weighted by molar-refractivity contribution is 0.104. The summed E-state index contributed by atoms with van der Waals surface area (Å²) in [7, 11) is 0. The summed E-state index contributed by atoms with van der Waals surface area (Å²) in [4.78, 5) is 20.5. The number of carbonyl (C=O) groups is 1. The molecular weight excluding hydrogens is 192 g/mol. The van der Waals surface area contributed by atoms with E-state index in [0.29, 0.717) is 9.75 Å². The molecule has 2 aromatic rings. The Labute approximate surface area is 76.7 Å². The summed E-state index contributed by atoms with van der Waals surface area (Å²) < 4.78 is 0. The molecule has 0 unspecified atom stereocenters. The fraction of sp³-hybridized carbons (Fsp3) is 0. The molecule has 12 heavy (non-hydrogen) atoms. The van der Waals surface area contributed by atoms with Gasteiger partial charge < -0.3 is 0 Å². The SMILES string of the molecule is O=C(c1cncs1)c1cncs1. The van der Waals surface area contributed by atoms with Gasteiger partial charge in [-0.2, -0.15) is 0 Å². The third-order valence-corrected chi connectivity index (χ3v) is 2.86. The molecule has 0 spiro atoms. The van der Waals surface area contributed by atoms with Crippen molar-refractivity contribution < 1.29 is 4.79 Å². The zero-order chi connectivity index (χ0) is 8.39. The third-order valence-electron chi connectivity index (χ3n) is 1.31. The molecule has 5 heteroatoms. The van der Waals surface area contributed by atoms with Crippen LogP contribution in [0.3, 0.4) is 0 Å². The van der Waals surface area contributed by atoms with Crippen LogP contribution in [0.5, 0.6) is 0 Å². The first-order valence-electron chi connectivity index (χ1n) is 3.19. The van der Waals surface area contributed by atoms with Crippen LogP contribution in [-0.2, 0) is 0 Å². The topological polar surface area (TPSA) is 42.9 Å². The zero-order valence-corrected chi connectivity index (χ0v) is 7.56. The highest BCUT2D eigenvalue weighted by Crippen LogP contribution is 2.15. The monoisotopic (exact) mass is 196 g/mol. The first kappa shape index (κ1) is 7.57. The molecule has 0 saturated heterocycles. The number of hydrogen-bond acceptors (Lipinski definition) is 5. The maximum Gasteiger partial charge on any atom is 0.216 e. The van der Waals surface area contributed by atoms with Crippen LogP contribution in [-0.4, -0.2) is 15.8 Å². The van der Waals surface area contributed by atoms with E-state index in [1.807, 2.05) is 0 Å². The molecule has 0 bridgehead atoms. The molecule has 0 aliphatic rings. The molecule has 0 N–H and O–H groups in total. The van der Waals surface area contributed by atoms with E-state index in [1.165, 1.54) is 22.7 Å². The van der Waals surface area contributed by atoms with Gasteiger partial charge in [0.15, 0.2) is 0 Å². The minimum absolute atomic E-state index is 0.0139. The fourth-order valence-electron chi connectivity index (χ4n) is 0.777. The lowest BCUT2D eigenvalue weighted by Gasteiger charge is -1.87. The summed E-state index contributed by atoms with van der Waals surface area (Å²) in [6.07, 6.45) is 3.15. The number of carbonyl (C=O) groups excluding carboxylic acids is 1. The highest BCUT2D eigenvalue weighted by Gasteiger charge is 2.11. The van der Waals surface area contributed by atoms with Crippen molar-refractivity contribution >= 4 is 28.5 Å². The standard InChI is InChI=1S/C7H4N2OS2/c10-7(5-1-8-3-11-5)6-2-9-4-12-6/h1-4H. The van der Waals surface area contributed by atoms with Gasteiger partial charge in [-0.25, -0.2) is 0 Å². The predicted octanol–water partition coefficient (Wildman–Crippen LogP) is 1.83. The van der Waals surface area contributed by atoms with Crippen molar-refractivity contribution in [3.63, 3.8) is 0 Å². The Morgan fingerprint density at radius 3 is 1.92 bits per heavy atom. The van der Waals surface area contributed by atoms with Crippen LogP contribution in [0.1, 0.15) is 14.5 Å². The van der Waals surface area contributed by atoms with Crippen molar-refractivity contribution in [1.29, 1.82) is 0 Å². The highest BCUT2D eigenvalue weighted by molar-refractivity contribution is 7.15. The van der Waals surface area contributed by atoms with E-state index in [0.717, 1.165) is 0 Å². The number of nitrogens with zero attached hydrogens (tertiary/aromatic N) is 2. The smallest absolute Gasteiger partial charge is 0.216 e. The predicted molar refractivity (Wildman–Crippen MR) is 47.7 cm³/mol. The summed E-state index contributed by atoms with van der Waals surface area (Å²) in [5, 5.41) is 0. The number of aromatic nitrogens is 2. The van der Waals surface area contributed by atoms with Crippen LogP contribution in [0.25, 0.3) is 0 Å². The number of ketones is 1. The second-order valence-electron chi connectivity index (χ2n) is 2.06. The Kier molecular flexibility index (Phi) is 1.97. The van der Waals surface area contributed by atoms with Crippen molar-refractivity contribution in [3.8, 4) is 0 Å². The molecular formula is C7H4N2OS2. The summed E-state index contributed by atoms with van der Waals surface area (Å²) in [5.41, 5.74) is 3.29. The van der Waals surface area contributed by atoms with E-state index in [2.05, 4.69) is 9.97 Å². The molecule has 2 heterocycles. The van der Waals surface area contributed by atoms with E-state index in [9.17, 15) is 4.79 Å². The Balaban J connectivity index is 2.34. The van der Waals surface area contributed by atoms with Crippen LogP contribution >= 0.6 is 22.7 Å². The molecule has 0 aliphatic heterocycles. The minimum atomic E-state index is 0.0139. The number of rotatable bonds is 2. The molecule has 0 aromatic carbocycles. The molecule has 2 rings (SSSR count). The molecule has 2 aromatic heterocycles. The zero-order valence-electron chi connectivity index (χ0n) is 5.93. The van der Waals surface area contributed by atoms with E-state index in [-0.39, 0.29) is 5.78 Å². The van der Waals surface area contributed by atoms with Gasteiger partial charge in [0, 0.05) is 12.4 Å². The lowest BCUT2D eigenvalue weighted by Crippen LogP contribution is -1.94. The molecule has 0 fully saturated rings. The Morgan fingerprint density at radius 2 is 1.58 bits per heavy atom. The largest absolute Gasteiger partial charge is 0.287 e. The minimum Gasteiger partial charge on any atom is -0.287 e. The van der Waals surface area contributed by atoms with Crippen molar-refractivity contribution in [1.82, 2.24) is 9.97 Å². The Bertz CT molecular complexity index is 330. The number of hydrogen-bond donors (Lipinski definition) is 0. The average Bonchev–Trinajstić information content (AvgIpc) is 2.77. The van der Waals surface area contributed by atoms with Gasteiger partial charge in [0.25, 0.3) is 0 Å². The van der Waals surface area contributed by atoms with E-state index in [4.69, 9.17) is 0 Å². The van der Waals surface area contributed by atoms with E-state index < -0.39 is 0 Å². The molecule has 0 radical (unpaired) electrons. The second-order valence-corrected chi connectivity index (χ2v) is 3.83. The second kappa shape index (κ2) is 3.12. The first-order chi connectivity index (χ1) is 5.88. The summed E-state index contributed by atoms with van der Waals surface area (Å²) in [6.45, 7) is 0. The highest BCUT2D eigenvalue weighted by atomic mass is 32.1. The van der Waals surface area contributed by atoms with Gasteiger partial charge in [0.2, 0.25) is 5.78 Å². The van der Waals surface area contributed by atoms with Crippen LogP contribution in [0, 0.1) is 0 Å². The molecule has 3 nitrogen and oxygen atoms in total. The van der Waals surface area contributed by atoms with Crippen molar-refractivity contribution in [2.45, 2.75) is 0 Å². The van der Waals surface area contributed by atoms with E-state index in [1.54, 1.807) is 23.4 Å². The maximum absolute atomic E-state index is 11.5. The Hall–Kier alpha value is -1.07. The third kappa shape index (κ3) is 1.28. The Morgan fingerprint density at radius 1 is 1.08 bits per heavy atom. The van der Waals surface area contributed by atoms with Gasteiger partial charge in [-0.05, 0) is 0 Å². The molecule has 0 saturated carbocycles. The first-order valence-corrected chi connectivity index (χ1v) is 4.95. The van der Waals surface area contributed by atoms with Crippen LogP contribution in [0.4, 0.5) is 0 Å². The summed E-state index contributed by atoms with van der Waals surface area (Å²) >= 11 is 2.69. The van der Waals surface area contributed by atoms with Crippen molar-refractivity contribution in [3.05, 3.63) is 33.2 Å². The quantitative estimate of drug-likeness (QED) is 0.688. The molecule has 0 amide bonds. The van der Waals surface area contributed by atoms with E-state index >= 15 is 0 Å². The van der Waals surface area contributed by atoms with Gasteiger partial charge in [0.05, 0.1) is 20.8 Å². The van der Waals surface area contributed by atoms with Crippen LogP contribution in [0.15, 0.2) is 23.4 Å². The van der Waals surface area contributed by atoms with Gasteiger partial charge in [-0.3, -0.25) is 14.8 Å². The molecule has 0 aliphatic carbocycles. The van der Waals surface area contributed by atoms with Gasteiger partial charge >= 0.3 is 0 Å². The van der Waals surface area contributed by atoms with Crippen molar-refractivity contribution in [2.75, 3.05) is 0 Å². The van der Waals surface area contributed by atoms with Gasteiger partial charge in [-0.1, -0.05) is 0 Å². The average molecular weight is 196 g/mol. The normalized spacial score (nSPS) is 10.0.